The first kappa shape index (κ1) is 16.0. The predicted molar refractivity (Wildman–Crippen MR) is 91.4 cm³/mol. The molecule has 3 rings (SSSR count). The number of para-hydroxylation sites is 1. The summed E-state index contributed by atoms with van der Waals surface area (Å²) < 4.78 is 10.4. The number of fused-ring (bicyclic) bond motifs is 1. The molecule has 0 radical (unpaired) electrons. The monoisotopic (exact) mass is 322 g/mol. The van der Waals surface area contributed by atoms with Crippen molar-refractivity contribution in [2.45, 2.75) is 13.3 Å². The van der Waals surface area contributed by atoms with Crippen molar-refractivity contribution in [2.24, 2.45) is 0 Å². The second-order valence-electron chi connectivity index (χ2n) is 5.66. The Morgan fingerprint density at radius 2 is 1.92 bits per heavy atom. The van der Waals surface area contributed by atoms with E-state index in [1.807, 2.05) is 25.1 Å². The van der Waals surface area contributed by atoms with Crippen LogP contribution in [0.4, 0.5) is 0 Å². The molecule has 24 heavy (non-hydrogen) atoms. The summed E-state index contributed by atoms with van der Waals surface area (Å²) in [6, 6.07) is 12.6. The molecule has 0 N–H and O–H groups in total. The van der Waals surface area contributed by atoms with Gasteiger partial charge in [0.25, 0.3) is 0 Å². The van der Waals surface area contributed by atoms with Crippen LogP contribution in [-0.4, -0.2) is 25.5 Å². The number of carbonyl (C=O) groups is 2. The van der Waals surface area contributed by atoms with E-state index < -0.39 is 0 Å². The van der Waals surface area contributed by atoms with Gasteiger partial charge in [-0.2, -0.15) is 0 Å². The predicted octanol–water partition coefficient (Wildman–Crippen LogP) is 3.83. The minimum absolute atomic E-state index is 0.0109. The van der Waals surface area contributed by atoms with Gasteiger partial charge in [0.2, 0.25) is 0 Å². The minimum Gasteiger partial charge on any atom is -0.492 e. The van der Waals surface area contributed by atoms with Gasteiger partial charge in [0.15, 0.2) is 5.78 Å². The summed E-state index contributed by atoms with van der Waals surface area (Å²) in [5, 5.41) is 0. The molecule has 0 saturated carbocycles. The summed E-state index contributed by atoms with van der Waals surface area (Å²) in [4.78, 5) is 24.3. The zero-order valence-electron chi connectivity index (χ0n) is 13.7. The summed E-state index contributed by atoms with van der Waals surface area (Å²) in [5.74, 6) is 0.285. The number of carbonyl (C=O) groups excluding carboxylic acids is 2. The molecule has 4 heteroatoms. The highest BCUT2D eigenvalue weighted by Gasteiger charge is 2.22. The first-order chi connectivity index (χ1) is 11.6. The Labute approximate surface area is 140 Å². The molecule has 0 bridgehead atoms. The molecule has 0 aliphatic carbocycles. The van der Waals surface area contributed by atoms with Crippen LogP contribution in [-0.2, 0) is 4.74 Å². The lowest BCUT2D eigenvalue weighted by molar-refractivity contribution is 0.0600. The van der Waals surface area contributed by atoms with Gasteiger partial charge in [0.05, 0.1) is 24.8 Å². The second-order valence-corrected chi connectivity index (χ2v) is 5.66. The summed E-state index contributed by atoms with van der Waals surface area (Å²) in [6.45, 7) is 2.40. The highest BCUT2D eigenvalue weighted by Crippen LogP contribution is 2.30. The molecule has 0 fully saturated rings. The van der Waals surface area contributed by atoms with Crippen LogP contribution in [0.15, 0.2) is 48.0 Å². The van der Waals surface area contributed by atoms with Crippen molar-refractivity contribution in [1.82, 2.24) is 0 Å². The number of aryl methyl sites for hydroxylation is 1. The molecule has 1 heterocycles. The number of Topliss-reactive ketones (excluding diaryl/α,β-unsaturated/α-hetero) is 1. The topological polar surface area (TPSA) is 52.6 Å². The number of ketones is 1. The molecule has 0 unspecified atom stereocenters. The third kappa shape index (κ3) is 3.08. The maximum absolute atomic E-state index is 12.8. The van der Waals surface area contributed by atoms with Gasteiger partial charge < -0.3 is 9.47 Å². The summed E-state index contributed by atoms with van der Waals surface area (Å²) in [7, 11) is 1.35. The fourth-order valence-corrected chi connectivity index (χ4v) is 2.74. The van der Waals surface area contributed by atoms with E-state index in [0.717, 1.165) is 11.1 Å². The van der Waals surface area contributed by atoms with E-state index in [-0.39, 0.29) is 11.8 Å². The van der Waals surface area contributed by atoms with Crippen molar-refractivity contribution in [2.75, 3.05) is 13.7 Å². The average Bonchev–Trinajstić information content (AvgIpc) is 2.76. The molecule has 0 aromatic heterocycles. The normalized spacial score (nSPS) is 15.4. The van der Waals surface area contributed by atoms with Crippen LogP contribution in [0.1, 0.15) is 38.3 Å². The average molecular weight is 322 g/mol. The Kier molecular flexibility index (Phi) is 4.47. The molecule has 1 aliphatic rings. The van der Waals surface area contributed by atoms with Crippen LogP contribution in [0.3, 0.4) is 0 Å². The smallest absolute Gasteiger partial charge is 0.337 e. The van der Waals surface area contributed by atoms with Gasteiger partial charge >= 0.3 is 5.97 Å². The van der Waals surface area contributed by atoms with E-state index in [9.17, 15) is 9.59 Å². The van der Waals surface area contributed by atoms with E-state index in [0.29, 0.717) is 35.5 Å². The van der Waals surface area contributed by atoms with E-state index in [4.69, 9.17) is 4.74 Å². The number of methoxy groups -OCH3 is 1. The molecule has 0 spiro atoms. The highest BCUT2D eigenvalue weighted by molar-refractivity contribution is 6.13. The molecule has 4 nitrogen and oxygen atoms in total. The number of benzene rings is 2. The van der Waals surface area contributed by atoms with Gasteiger partial charge in [0.1, 0.15) is 5.75 Å². The Morgan fingerprint density at radius 3 is 2.62 bits per heavy atom. The largest absolute Gasteiger partial charge is 0.492 e. The molecular weight excluding hydrogens is 304 g/mol. The van der Waals surface area contributed by atoms with Crippen LogP contribution >= 0.6 is 0 Å². The van der Waals surface area contributed by atoms with Crippen molar-refractivity contribution in [1.29, 1.82) is 0 Å². The van der Waals surface area contributed by atoms with Crippen LogP contribution in [0.25, 0.3) is 6.08 Å². The molecule has 0 amide bonds. The molecule has 2 aromatic carbocycles. The molecular formula is C20H18O4. The van der Waals surface area contributed by atoms with E-state index in [1.165, 1.54) is 7.11 Å². The third-order valence-electron chi connectivity index (χ3n) is 4.04. The molecule has 122 valence electrons. The van der Waals surface area contributed by atoms with Crippen molar-refractivity contribution in [3.63, 3.8) is 0 Å². The maximum atomic E-state index is 12.8. The molecule has 1 aliphatic heterocycles. The maximum Gasteiger partial charge on any atom is 0.337 e. The fraction of sp³-hybridized carbons (Fsp3) is 0.200. The number of esters is 1. The van der Waals surface area contributed by atoms with E-state index in [2.05, 4.69) is 4.74 Å². The Bertz CT molecular complexity index is 816. The Balaban J connectivity index is 1.93. The van der Waals surface area contributed by atoms with Crippen molar-refractivity contribution in [3.05, 3.63) is 70.3 Å². The fourth-order valence-electron chi connectivity index (χ4n) is 2.74. The molecule has 0 atom stereocenters. The lowest BCUT2D eigenvalue weighted by Crippen LogP contribution is -2.03. The van der Waals surface area contributed by atoms with Crippen molar-refractivity contribution < 1.29 is 19.1 Å². The standard InChI is InChI=1S/C20H18O4/c1-13-4-3-5-17-18(21)16(10-11-24-19(13)17)12-14-6-8-15(9-7-14)20(22)23-2/h3-9,12H,10-11H2,1-2H3/b16-12+. The highest BCUT2D eigenvalue weighted by atomic mass is 16.5. The summed E-state index contributed by atoms with van der Waals surface area (Å²) in [5.41, 5.74) is 3.61. The minimum atomic E-state index is -0.377. The first-order valence-corrected chi connectivity index (χ1v) is 7.76. The van der Waals surface area contributed by atoms with Crippen LogP contribution in [0, 0.1) is 6.92 Å². The molecule has 0 saturated heterocycles. The van der Waals surface area contributed by atoms with E-state index >= 15 is 0 Å². The lowest BCUT2D eigenvalue weighted by atomic mass is 9.97. The molecule has 2 aromatic rings. The SMILES string of the molecule is COC(=O)c1ccc(/C=C2\CCOc3c(C)cccc3C2=O)cc1. The van der Waals surface area contributed by atoms with Crippen LogP contribution in [0.5, 0.6) is 5.75 Å². The Hall–Kier alpha value is -2.88. The third-order valence-corrected chi connectivity index (χ3v) is 4.04. The first-order valence-electron chi connectivity index (χ1n) is 7.76. The van der Waals surface area contributed by atoms with Gasteiger partial charge in [-0.1, -0.05) is 24.3 Å². The number of ether oxygens (including phenoxy) is 2. The van der Waals surface area contributed by atoms with Gasteiger partial charge in [-0.05, 0) is 42.3 Å². The van der Waals surface area contributed by atoms with Crippen molar-refractivity contribution >= 4 is 17.8 Å². The summed E-state index contributed by atoms with van der Waals surface area (Å²) in [6.07, 6.45) is 2.40. The number of hydrogen-bond acceptors (Lipinski definition) is 4. The second kappa shape index (κ2) is 6.71. The van der Waals surface area contributed by atoms with E-state index in [1.54, 1.807) is 30.3 Å². The number of rotatable bonds is 2. The van der Waals surface area contributed by atoms with Crippen molar-refractivity contribution in [3.8, 4) is 5.75 Å². The quantitative estimate of drug-likeness (QED) is 0.623. The van der Waals surface area contributed by atoms with Gasteiger partial charge in [0, 0.05) is 12.0 Å². The zero-order chi connectivity index (χ0) is 17.1. The summed E-state index contributed by atoms with van der Waals surface area (Å²) >= 11 is 0. The Morgan fingerprint density at radius 1 is 1.17 bits per heavy atom. The van der Waals surface area contributed by atoms with Crippen LogP contribution in [0.2, 0.25) is 0 Å². The van der Waals surface area contributed by atoms with Crippen LogP contribution < -0.4 is 4.74 Å². The lowest BCUT2D eigenvalue weighted by Gasteiger charge is -2.08. The van der Waals surface area contributed by atoms with Gasteiger partial charge in [-0.15, -0.1) is 0 Å². The van der Waals surface area contributed by atoms with Gasteiger partial charge in [-0.25, -0.2) is 4.79 Å². The zero-order valence-corrected chi connectivity index (χ0v) is 13.7. The number of hydrogen-bond donors (Lipinski definition) is 0. The van der Waals surface area contributed by atoms with Gasteiger partial charge in [-0.3, -0.25) is 4.79 Å².